The molecule has 0 radical (unpaired) electrons. The van der Waals surface area contributed by atoms with Crippen molar-refractivity contribution in [1.29, 1.82) is 0 Å². The number of benzene rings is 3. The number of phenolic OH excluding ortho intramolecular Hbond substituents is 2. The Morgan fingerprint density at radius 2 is 1.47 bits per heavy atom. The van der Waals surface area contributed by atoms with Crippen molar-refractivity contribution in [2.24, 2.45) is 34.5 Å². The maximum Gasteiger partial charge on any atom is 0.340 e. The van der Waals surface area contributed by atoms with Gasteiger partial charge < -0.3 is 39.7 Å². The molecule has 5 N–H and O–H groups in total. The number of hydrogen-bond acceptors (Lipinski definition) is 10. The Hall–Kier alpha value is -4.38. The minimum atomic E-state index is -1.17. The molecule has 3 aromatic carbocycles. The number of cyclic esters (lactones) is 1. The molecule has 9 atom stereocenters. The quantitative estimate of drug-likeness (QED) is 0.182. The molecule has 3 heterocycles. The molecule has 0 amide bonds. The molecule has 0 aromatic heterocycles. The molecule has 278 valence electrons. The van der Waals surface area contributed by atoms with Gasteiger partial charge in [0.25, 0.3) is 0 Å². The summed E-state index contributed by atoms with van der Waals surface area (Å²) in [5.74, 6) is 1.07. The lowest BCUT2D eigenvalue weighted by molar-refractivity contribution is -0.244. The van der Waals surface area contributed by atoms with Crippen LogP contribution in [-0.2, 0) is 19.9 Å². The lowest BCUT2D eigenvalue weighted by Crippen LogP contribution is -2.67. The van der Waals surface area contributed by atoms with Gasteiger partial charge in [-0.2, -0.15) is 0 Å². The number of hydrogen-bond donors (Lipinski definition) is 5. The maximum absolute atomic E-state index is 12.5. The van der Waals surface area contributed by atoms with Gasteiger partial charge in [0.15, 0.2) is 5.60 Å². The van der Waals surface area contributed by atoms with Crippen molar-refractivity contribution in [3.8, 4) is 23.0 Å². The van der Waals surface area contributed by atoms with Crippen molar-refractivity contribution < 1.29 is 49.3 Å². The summed E-state index contributed by atoms with van der Waals surface area (Å²) >= 11 is 0. The molecule has 4 saturated carbocycles. The number of phenols is 2. The fraction of sp³-hybridized carbons (Fsp3) is 0.488. The predicted octanol–water partition coefficient (Wildman–Crippen LogP) is 6.24. The van der Waals surface area contributed by atoms with Crippen LogP contribution < -0.4 is 4.74 Å². The van der Waals surface area contributed by atoms with Crippen LogP contribution in [0.15, 0.2) is 72.3 Å². The van der Waals surface area contributed by atoms with E-state index in [1.807, 2.05) is 19.1 Å². The summed E-state index contributed by atoms with van der Waals surface area (Å²) < 4.78 is 16.9. The normalized spacial score (nSPS) is 36.9. The number of carbonyl (C=O) groups is 2. The number of carbonyl (C=O) groups excluding carboxylic acids is 2. The van der Waals surface area contributed by atoms with Crippen LogP contribution in [-0.4, -0.2) is 61.9 Å². The summed E-state index contributed by atoms with van der Waals surface area (Å²) in [6, 6.07) is 16.6. The molecule has 1 spiro atoms. The highest BCUT2D eigenvalue weighted by molar-refractivity contribution is 5.97. The van der Waals surface area contributed by atoms with Gasteiger partial charge in [0.2, 0.25) is 0 Å². The SMILES string of the molecule is C[C@]12CC[C@H](O)C[C@H]1CC[C@@H]1[C@@H]2C[C@@H](O)[C@]2(C)[C@@H](C3=CC(=O)OC3)CC[C@]12O.O=C1OC2(c3ccc(O)cc3Oc3cc(O)ccc32)c2ccccc21. The molecule has 10 nitrogen and oxygen atoms in total. The lowest BCUT2D eigenvalue weighted by Gasteiger charge is -2.64. The van der Waals surface area contributed by atoms with Crippen LogP contribution in [0.5, 0.6) is 23.0 Å². The van der Waals surface area contributed by atoms with Crippen LogP contribution in [0.25, 0.3) is 0 Å². The molecular weight excluding hydrogens is 676 g/mol. The fourth-order valence-electron chi connectivity index (χ4n) is 12.0. The predicted molar refractivity (Wildman–Crippen MR) is 191 cm³/mol. The molecular formula is C43H46O10. The van der Waals surface area contributed by atoms with Crippen molar-refractivity contribution in [2.45, 2.75) is 88.6 Å². The van der Waals surface area contributed by atoms with Crippen LogP contribution in [0.4, 0.5) is 0 Å². The first kappa shape index (κ1) is 34.4. The molecule has 3 aromatic rings. The third kappa shape index (κ3) is 4.74. The molecule has 3 aliphatic heterocycles. The molecule has 10 heteroatoms. The van der Waals surface area contributed by atoms with Gasteiger partial charge in [-0.15, -0.1) is 0 Å². The van der Waals surface area contributed by atoms with E-state index in [1.54, 1.807) is 30.3 Å². The number of aromatic hydroxyl groups is 2. The summed E-state index contributed by atoms with van der Waals surface area (Å²) in [6.45, 7) is 4.69. The second kappa shape index (κ2) is 11.8. The largest absolute Gasteiger partial charge is 0.508 e. The highest BCUT2D eigenvalue weighted by Gasteiger charge is 2.70. The van der Waals surface area contributed by atoms with Crippen molar-refractivity contribution in [3.63, 3.8) is 0 Å². The molecule has 10 rings (SSSR count). The summed E-state index contributed by atoms with van der Waals surface area (Å²) in [5.41, 5.74) is 0.777. The lowest BCUT2D eigenvalue weighted by atomic mass is 9.42. The number of fused-ring (bicyclic) bond motifs is 11. The maximum atomic E-state index is 12.5. The molecule has 0 bridgehead atoms. The van der Waals surface area contributed by atoms with Crippen LogP contribution >= 0.6 is 0 Å². The van der Waals surface area contributed by atoms with E-state index in [0.29, 0.717) is 65.0 Å². The summed E-state index contributed by atoms with van der Waals surface area (Å²) in [6.07, 6.45) is 7.69. The Bertz CT molecular complexity index is 2000. The Kier molecular flexibility index (Phi) is 7.66. The van der Waals surface area contributed by atoms with E-state index >= 15 is 0 Å². The van der Waals surface area contributed by atoms with E-state index in [4.69, 9.17) is 14.2 Å². The Morgan fingerprint density at radius 1 is 0.774 bits per heavy atom. The first-order chi connectivity index (χ1) is 25.3. The summed E-state index contributed by atoms with van der Waals surface area (Å²) in [5, 5.41) is 53.4. The standard InChI is InChI=1S/C23H34O5.C20H12O5/c1-21-7-5-15(24)10-14(21)3-4-17-18(21)11-19(25)22(2)16(6-8-23(17,22)27)13-9-20(26)28-12-13;21-11-5-7-15-17(9-11)24-18-10-12(22)6-8-16(18)20(15)14-4-2-1-3-13(14)19(23)25-20/h9,14-19,24-25,27H,3-8,10-12H2,1-2H3;1-10,21-22H/t14-,15+,16-,17-,18+,19-,21+,22+,23+;/m1./s1. The van der Waals surface area contributed by atoms with Gasteiger partial charge in [-0.05, 0) is 116 Å². The van der Waals surface area contributed by atoms with Gasteiger partial charge in [0, 0.05) is 40.3 Å². The first-order valence-electron chi connectivity index (χ1n) is 18.9. The van der Waals surface area contributed by atoms with E-state index in [-0.39, 0.29) is 40.8 Å². The van der Waals surface area contributed by atoms with E-state index < -0.39 is 28.7 Å². The molecule has 7 aliphatic rings. The molecule has 0 unspecified atom stereocenters. The second-order valence-corrected chi connectivity index (χ2v) is 16.9. The van der Waals surface area contributed by atoms with Gasteiger partial charge in [-0.3, -0.25) is 0 Å². The van der Waals surface area contributed by atoms with Crippen LogP contribution in [0.1, 0.15) is 92.3 Å². The number of aliphatic hydroxyl groups is 3. The second-order valence-electron chi connectivity index (χ2n) is 16.9. The van der Waals surface area contributed by atoms with Gasteiger partial charge in [0.1, 0.15) is 29.6 Å². The van der Waals surface area contributed by atoms with Gasteiger partial charge >= 0.3 is 11.9 Å². The zero-order valence-corrected chi connectivity index (χ0v) is 30.0. The topological polar surface area (TPSA) is 163 Å². The first-order valence-corrected chi connectivity index (χ1v) is 18.9. The molecule has 4 aliphatic carbocycles. The summed E-state index contributed by atoms with van der Waals surface area (Å²) in [4.78, 5) is 24.2. The number of rotatable bonds is 1. The zero-order valence-electron chi connectivity index (χ0n) is 30.0. The van der Waals surface area contributed by atoms with Gasteiger partial charge in [-0.25, -0.2) is 9.59 Å². The Labute approximate surface area is 308 Å². The highest BCUT2D eigenvalue weighted by Crippen LogP contribution is 2.70. The Balaban J connectivity index is 0.000000141. The number of ether oxygens (including phenoxy) is 3. The average molecular weight is 723 g/mol. The fourth-order valence-corrected chi connectivity index (χ4v) is 12.0. The van der Waals surface area contributed by atoms with Crippen LogP contribution in [0, 0.1) is 34.5 Å². The highest BCUT2D eigenvalue weighted by atomic mass is 16.6. The average Bonchev–Trinajstić information content (AvgIpc) is 3.78. The Morgan fingerprint density at radius 3 is 2.15 bits per heavy atom. The van der Waals surface area contributed by atoms with E-state index in [2.05, 4.69) is 6.92 Å². The minimum absolute atomic E-state index is 0.00129. The van der Waals surface area contributed by atoms with Crippen molar-refractivity contribution in [2.75, 3.05) is 6.61 Å². The third-order valence-electron chi connectivity index (χ3n) is 14.7. The van der Waals surface area contributed by atoms with Crippen molar-refractivity contribution in [3.05, 3.63) is 94.6 Å². The van der Waals surface area contributed by atoms with Crippen molar-refractivity contribution in [1.82, 2.24) is 0 Å². The van der Waals surface area contributed by atoms with E-state index in [0.717, 1.165) is 44.1 Å². The smallest absolute Gasteiger partial charge is 0.340 e. The molecule has 53 heavy (non-hydrogen) atoms. The minimum Gasteiger partial charge on any atom is -0.508 e. The monoisotopic (exact) mass is 722 g/mol. The zero-order chi connectivity index (χ0) is 37.1. The van der Waals surface area contributed by atoms with Gasteiger partial charge in [0.05, 0.1) is 23.4 Å². The number of aliphatic hydroxyl groups excluding tert-OH is 2. The molecule has 4 fully saturated rings. The third-order valence-corrected chi connectivity index (χ3v) is 14.7. The van der Waals surface area contributed by atoms with Gasteiger partial charge in [-0.1, -0.05) is 32.0 Å². The number of esters is 2. The van der Waals surface area contributed by atoms with Crippen molar-refractivity contribution >= 4 is 11.9 Å². The van der Waals surface area contributed by atoms with Crippen LogP contribution in [0.3, 0.4) is 0 Å². The van der Waals surface area contributed by atoms with E-state index in [9.17, 15) is 35.1 Å². The van der Waals surface area contributed by atoms with E-state index in [1.165, 1.54) is 24.3 Å². The summed E-state index contributed by atoms with van der Waals surface area (Å²) in [7, 11) is 0. The van der Waals surface area contributed by atoms with Crippen LogP contribution in [0.2, 0.25) is 0 Å². The molecule has 0 saturated heterocycles.